The Bertz CT molecular complexity index is 1160. The number of nitrogens with zero attached hydrogens (tertiary/aromatic N) is 1. The summed E-state index contributed by atoms with van der Waals surface area (Å²) >= 11 is 0. The third-order valence-electron chi connectivity index (χ3n) is 3.41. The summed E-state index contributed by atoms with van der Waals surface area (Å²) in [7, 11) is -4.41. The van der Waals surface area contributed by atoms with Gasteiger partial charge in [0.25, 0.3) is 0 Å². The fraction of sp³-hybridized carbons (Fsp3) is 0. The van der Waals surface area contributed by atoms with E-state index in [1.54, 1.807) is 0 Å². The van der Waals surface area contributed by atoms with Crippen LogP contribution in [0.1, 0.15) is 5.56 Å². The van der Waals surface area contributed by atoms with E-state index in [0.29, 0.717) is 23.8 Å². The van der Waals surface area contributed by atoms with Crippen molar-refractivity contribution in [2.75, 3.05) is 0 Å². The van der Waals surface area contributed by atoms with Crippen molar-refractivity contribution in [1.82, 2.24) is 4.98 Å². The average molecular weight is 346 g/mol. The van der Waals surface area contributed by atoms with E-state index < -0.39 is 36.7 Å². The van der Waals surface area contributed by atoms with Crippen LogP contribution in [0.25, 0.3) is 10.9 Å². The molecule has 0 aliphatic rings. The number of aromatic nitrogens is 1. The van der Waals surface area contributed by atoms with Crippen LogP contribution in [0.5, 0.6) is 0 Å². The van der Waals surface area contributed by atoms with E-state index >= 15 is 0 Å². The molecule has 0 amide bonds. The highest BCUT2D eigenvalue weighted by atomic mass is 32.2. The van der Waals surface area contributed by atoms with E-state index in [-0.39, 0.29) is 10.9 Å². The number of H-pyrrole nitrogens is 1. The minimum Gasteiger partial charge on any atom is -0.360 e. The zero-order chi connectivity index (χ0) is 17.5. The second-order valence-corrected chi connectivity index (χ2v) is 6.88. The van der Waals surface area contributed by atoms with Crippen LogP contribution in [0.4, 0.5) is 8.78 Å². The van der Waals surface area contributed by atoms with Gasteiger partial charge < -0.3 is 4.98 Å². The summed E-state index contributed by atoms with van der Waals surface area (Å²) in [6.45, 7) is 0. The van der Waals surface area contributed by atoms with Crippen molar-refractivity contribution in [1.29, 1.82) is 5.26 Å². The van der Waals surface area contributed by atoms with Crippen molar-refractivity contribution in [2.24, 2.45) is 0 Å². The fourth-order valence-electron chi connectivity index (χ4n) is 2.28. The highest BCUT2D eigenvalue weighted by molar-refractivity contribution is 7.91. The molecule has 1 aromatic heterocycles. The van der Waals surface area contributed by atoms with Gasteiger partial charge >= 0.3 is 0 Å². The number of nitrogens with one attached hydrogen (secondary N) is 1. The van der Waals surface area contributed by atoms with E-state index in [1.165, 1.54) is 18.2 Å². The number of hydrogen-bond donors (Lipinski definition) is 1. The van der Waals surface area contributed by atoms with Gasteiger partial charge in [0.2, 0.25) is 15.3 Å². The molecule has 8 heteroatoms. The molecule has 3 aromatic rings. The second-order valence-electron chi connectivity index (χ2n) is 4.96. The van der Waals surface area contributed by atoms with E-state index in [4.69, 9.17) is 5.26 Å². The Hall–Kier alpha value is -3.05. The lowest BCUT2D eigenvalue weighted by Crippen LogP contribution is -2.16. The van der Waals surface area contributed by atoms with E-state index in [0.717, 1.165) is 6.20 Å². The third kappa shape index (κ3) is 2.55. The van der Waals surface area contributed by atoms with Gasteiger partial charge in [0.1, 0.15) is 16.5 Å². The Morgan fingerprint density at radius 1 is 1.04 bits per heavy atom. The first-order chi connectivity index (χ1) is 11.3. The van der Waals surface area contributed by atoms with E-state index in [2.05, 4.69) is 4.98 Å². The first-order valence-electron chi connectivity index (χ1n) is 6.59. The van der Waals surface area contributed by atoms with Gasteiger partial charge in [-0.3, -0.25) is 4.79 Å². The van der Waals surface area contributed by atoms with Gasteiger partial charge in [0, 0.05) is 17.6 Å². The molecule has 0 aliphatic heterocycles. The smallest absolute Gasteiger partial charge is 0.212 e. The topological polar surface area (TPSA) is 90.8 Å². The third-order valence-corrected chi connectivity index (χ3v) is 5.15. The van der Waals surface area contributed by atoms with Gasteiger partial charge in [-0.25, -0.2) is 17.2 Å². The molecule has 0 saturated carbocycles. The zero-order valence-corrected chi connectivity index (χ0v) is 12.7. The number of nitriles is 1. The Labute approximate surface area is 134 Å². The SMILES string of the molecule is N#Cc1ccc2c(=O)c(S(=O)(=O)c3cc(F)cc(F)c3)c[nH]c2c1. The molecule has 0 unspecified atom stereocenters. The van der Waals surface area contributed by atoms with Gasteiger partial charge in [-0.05, 0) is 30.3 Å². The number of fused-ring (bicyclic) bond motifs is 1. The molecular formula is C16H8F2N2O3S. The van der Waals surface area contributed by atoms with Crippen molar-refractivity contribution in [3.05, 3.63) is 70.0 Å². The van der Waals surface area contributed by atoms with Crippen LogP contribution in [-0.2, 0) is 9.84 Å². The maximum atomic E-state index is 13.3. The Morgan fingerprint density at radius 3 is 2.33 bits per heavy atom. The predicted molar refractivity (Wildman–Crippen MR) is 81.1 cm³/mol. The van der Waals surface area contributed by atoms with Crippen molar-refractivity contribution in [3.63, 3.8) is 0 Å². The molecule has 5 nitrogen and oxygen atoms in total. The molecule has 0 spiro atoms. The average Bonchev–Trinajstić information content (AvgIpc) is 2.53. The standard InChI is InChI=1S/C16H8F2N2O3S/c17-10-4-11(18)6-12(5-10)24(22,23)15-8-20-14-3-9(7-19)1-2-13(14)16(15)21/h1-6,8H,(H,20,21). The summed E-state index contributed by atoms with van der Waals surface area (Å²) in [4.78, 5) is 13.8. The van der Waals surface area contributed by atoms with Crippen molar-refractivity contribution < 1.29 is 17.2 Å². The molecule has 0 fully saturated rings. The molecule has 120 valence electrons. The van der Waals surface area contributed by atoms with Crippen LogP contribution in [0, 0.1) is 23.0 Å². The Kier molecular flexibility index (Phi) is 3.66. The van der Waals surface area contributed by atoms with Gasteiger partial charge in [0.05, 0.1) is 22.0 Å². The lowest BCUT2D eigenvalue weighted by molar-refractivity contribution is 0.567. The van der Waals surface area contributed by atoms with Crippen molar-refractivity contribution in [3.8, 4) is 6.07 Å². The number of rotatable bonds is 2. The van der Waals surface area contributed by atoms with Crippen LogP contribution in [0.15, 0.2) is 57.2 Å². The minimum absolute atomic E-state index is 0.0481. The molecule has 0 atom stereocenters. The number of sulfone groups is 1. The maximum Gasteiger partial charge on any atom is 0.212 e. The first kappa shape index (κ1) is 15.8. The van der Waals surface area contributed by atoms with Gasteiger partial charge in [-0.1, -0.05) is 0 Å². The van der Waals surface area contributed by atoms with Gasteiger partial charge in [-0.15, -0.1) is 0 Å². The molecular weight excluding hydrogens is 338 g/mol. The van der Waals surface area contributed by atoms with Crippen LogP contribution in [0.3, 0.4) is 0 Å². The molecule has 1 heterocycles. The number of hydrogen-bond acceptors (Lipinski definition) is 4. The summed E-state index contributed by atoms with van der Waals surface area (Å²) in [6.07, 6.45) is 0.948. The van der Waals surface area contributed by atoms with Gasteiger partial charge in [-0.2, -0.15) is 5.26 Å². The number of aromatic amines is 1. The van der Waals surface area contributed by atoms with E-state index in [1.807, 2.05) is 6.07 Å². The van der Waals surface area contributed by atoms with E-state index in [9.17, 15) is 22.0 Å². The molecule has 3 rings (SSSR count). The minimum atomic E-state index is -4.41. The van der Waals surface area contributed by atoms with Crippen LogP contribution < -0.4 is 5.43 Å². The number of halogens is 2. The Morgan fingerprint density at radius 2 is 1.71 bits per heavy atom. The monoisotopic (exact) mass is 346 g/mol. The molecule has 2 aromatic carbocycles. The number of benzene rings is 2. The molecule has 0 aliphatic carbocycles. The summed E-state index contributed by atoms with van der Waals surface area (Å²) in [5, 5.41) is 8.89. The highest BCUT2D eigenvalue weighted by Crippen LogP contribution is 2.21. The van der Waals surface area contributed by atoms with Crippen molar-refractivity contribution in [2.45, 2.75) is 9.79 Å². The predicted octanol–water partition coefficient (Wildman–Crippen LogP) is 2.51. The quantitative estimate of drug-likeness (QED) is 0.772. The zero-order valence-electron chi connectivity index (χ0n) is 11.9. The lowest BCUT2D eigenvalue weighted by Gasteiger charge is -2.06. The largest absolute Gasteiger partial charge is 0.360 e. The van der Waals surface area contributed by atoms with Crippen molar-refractivity contribution >= 4 is 20.7 Å². The normalized spacial score (nSPS) is 11.4. The van der Waals surface area contributed by atoms with Crippen LogP contribution in [0.2, 0.25) is 0 Å². The van der Waals surface area contributed by atoms with Crippen LogP contribution in [-0.4, -0.2) is 13.4 Å². The highest BCUT2D eigenvalue weighted by Gasteiger charge is 2.24. The lowest BCUT2D eigenvalue weighted by atomic mass is 10.1. The summed E-state index contributed by atoms with van der Waals surface area (Å²) in [5.74, 6) is -2.13. The van der Waals surface area contributed by atoms with Gasteiger partial charge in [0.15, 0.2) is 0 Å². The molecule has 1 N–H and O–H groups in total. The maximum absolute atomic E-state index is 13.3. The molecule has 0 saturated heterocycles. The van der Waals surface area contributed by atoms with Crippen LogP contribution >= 0.6 is 0 Å². The number of pyridine rings is 1. The molecule has 0 bridgehead atoms. The summed E-state index contributed by atoms with van der Waals surface area (Å²) in [5.41, 5.74) is -0.248. The second kappa shape index (κ2) is 5.54. The summed E-state index contributed by atoms with van der Waals surface area (Å²) < 4.78 is 51.6. The first-order valence-corrected chi connectivity index (χ1v) is 8.08. The molecule has 0 radical (unpaired) electrons. The summed E-state index contributed by atoms with van der Waals surface area (Å²) in [6, 6.07) is 7.80. The molecule has 24 heavy (non-hydrogen) atoms. The fourth-order valence-corrected chi connectivity index (χ4v) is 3.64. The Balaban J connectivity index is 2.27.